The van der Waals surface area contributed by atoms with Gasteiger partial charge in [-0.15, -0.1) is 0 Å². The standard InChI is InChI=1S/C23H20N4O/c1-14-7-5-8-15(2)21(14)27-23(28)18-11-6-10-17(20(18)24)22-25-13-16-9-3-4-12-19(16)26-22/h3-13H,24H2,1-2H3,(H,27,28). The summed E-state index contributed by atoms with van der Waals surface area (Å²) in [6, 6.07) is 19.0. The normalized spacial score (nSPS) is 10.8. The van der Waals surface area contributed by atoms with E-state index in [1.165, 1.54) is 0 Å². The molecular weight excluding hydrogens is 348 g/mol. The van der Waals surface area contributed by atoms with Crippen LogP contribution in [-0.2, 0) is 0 Å². The summed E-state index contributed by atoms with van der Waals surface area (Å²) in [6.45, 7) is 3.93. The molecular formula is C23H20N4O. The number of aromatic nitrogens is 2. The fourth-order valence-electron chi connectivity index (χ4n) is 3.25. The van der Waals surface area contributed by atoms with Crippen LogP contribution in [0.15, 0.2) is 66.9 Å². The number of nitrogens with zero attached hydrogens (tertiary/aromatic N) is 2. The smallest absolute Gasteiger partial charge is 0.257 e. The molecule has 0 aliphatic heterocycles. The van der Waals surface area contributed by atoms with Crippen LogP contribution in [0.25, 0.3) is 22.3 Å². The van der Waals surface area contributed by atoms with E-state index in [0.29, 0.717) is 22.6 Å². The van der Waals surface area contributed by atoms with Crippen molar-refractivity contribution in [2.24, 2.45) is 0 Å². The zero-order valence-electron chi connectivity index (χ0n) is 15.7. The number of aryl methyl sites for hydroxylation is 2. The third-order valence-corrected chi connectivity index (χ3v) is 4.80. The largest absolute Gasteiger partial charge is 0.397 e. The molecule has 0 bridgehead atoms. The molecule has 0 aliphatic rings. The summed E-state index contributed by atoms with van der Waals surface area (Å²) in [5.41, 5.74) is 11.4. The number of nitrogen functional groups attached to an aromatic ring is 1. The average molecular weight is 368 g/mol. The predicted molar refractivity (Wildman–Crippen MR) is 113 cm³/mol. The number of rotatable bonds is 3. The SMILES string of the molecule is Cc1cccc(C)c1NC(=O)c1cccc(-c2ncc3ccccc3n2)c1N. The van der Waals surface area contributed by atoms with Gasteiger partial charge in [-0.2, -0.15) is 0 Å². The van der Waals surface area contributed by atoms with Crippen molar-refractivity contribution in [1.82, 2.24) is 9.97 Å². The number of nitrogens with two attached hydrogens (primary N) is 1. The minimum atomic E-state index is -0.252. The Balaban J connectivity index is 1.72. The fraction of sp³-hybridized carbons (Fsp3) is 0.0870. The van der Waals surface area contributed by atoms with Gasteiger partial charge in [0.25, 0.3) is 5.91 Å². The third kappa shape index (κ3) is 3.18. The molecule has 0 radical (unpaired) electrons. The van der Waals surface area contributed by atoms with E-state index in [9.17, 15) is 4.79 Å². The van der Waals surface area contributed by atoms with Gasteiger partial charge >= 0.3 is 0 Å². The first-order chi connectivity index (χ1) is 13.5. The maximum atomic E-state index is 12.9. The maximum Gasteiger partial charge on any atom is 0.257 e. The van der Waals surface area contributed by atoms with Crippen LogP contribution in [0.1, 0.15) is 21.5 Å². The molecule has 1 heterocycles. The van der Waals surface area contributed by atoms with Crippen LogP contribution in [0.4, 0.5) is 11.4 Å². The second-order valence-electron chi connectivity index (χ2n) is 6.74. The predicted octanol–water partition coefficient (Wildman–Crippen LogP) is 4.75. The minimum Gasteiger partial charge on any atom is -0.397 e. The molecule has 0 unspecified atom stereocenters. The van der Waals surface area contributed by atoms with Crippen LogP contribution in [0.2, 0.25) is 0 Å². The van der Waals surface area contributed by atoms with E-state index >= 15 is 0 Å². The van der Waals surface area contributed by atoms with Gasteiger partial charge in [-0.25, -0.2) is 9.97 Å². The topological polar surface area (TPSA) is 80.9 Å². The summed E-state index contributed by atoms with van der Waals surface area (Å²) < 4.78 is 0. The molecule has 0 aliphatic carbocycles. The quantitative estimate of drug-likeness (QED) is 0.511. The van der Waals surface area contributed by atoms with Gasteiger partial charge in [0.15, 0.2) is 5.82 Å². The number of carbonyl (C=O) groups excluding carboxylic acids is 1. The van der Waals surface area contributed by atoms with E-state index in [4.69, 9.17) is 5.73 Å². The lowest BCUT2D eigenvalue weighted by molar-refractivity contribution is 0.102. The molecule has 5 heteroatoms. The van der Waals surface area contributed by atoms with Crippen molar-refractivity contribution in [3.05, 3.63) is 83.6 Å². The van der Waals surface area contributed by atoms with Crippen LogP contribution >= 0.6 is 0 Å². The van der Waals surface area contributed by atoms with Gasteiger partial charge < -0.3 is 11.1 Å². The van der Waals surface area contributed by atoms with E-state index in [2.05, 4.69) is 15.3 Å². The number of benzene rings is 3. The van der Waals surface area contributed by atoms with Gasteiger partial charge in [0.05, 0.1) is 16.8 Å². The van der Waals surface area contributed by atoms with Crippen LogP contribution in [0.3, 0.4) is 0 Å². The summed E-state index contributed by atoms with van der Waals surface area (Å²) in [6.07, 6.45) is 1.76. The molecule has 0 atom stereocenters. The van der Waals surface area contributed by atoms with Gasteiger partial charge in [-0.1, -0.05) is 42.5 Å². The van der Waals surface area contributed by atoms with Crippen LogP contribution in [0.5, 0.6) is 0 Å². The van der Waals surface area contributed by atoms with Crippen molar-refractivity contribution < 1.29 is 4.79 Å². The van der Waals surface area contributed by atoms with Crippen molar-refractivity contribution in [3.63, 3.8) is 0 Å². The molecule has 1 amide bonds. The van der Waals surface area contributed by atoms with Crippen molar-refractivity contribution in [2.75, 3.05) is 11.1 Å². The number of fused-ring (bicyclic) bond motifs is 1. The zero-order valence-corrected chi connectivity index (χ0v) is 15.7. The van der Waals surface area contributed by atoms with Crippen molar-refractivity contribution in [2.45, 2.75) is 13.8 Å². The van der Waals surface area contributed by atoms with E-state index in [-0.39, 0.29) is 5.91 Å². The number of para-hydroxylation sites is 3. The Hall–Kier alpha value is -3.73. The Kier molecular flexibility index (Phi) is 4.49. The Labute approximate surface area is 163 Å². The molecule has 0 spiro atoms. The van der Waals surface area contributed by atoms with Gasteiger partial charge in [0.1, 0.15) is 0 Å². The van der Waals surface area contributed by atoms with Crippen molar-refractivity contribution in [3.8, 4) is 11.4 Å². The fourth-order valence-corrected chi connectivity index (χ4v) is 3.25. The van der Waals surface area contributed by atoms with Crippen molar-refractivity contribution in [1.29, 1.82) is 0 Å². The Morgan fingerprint density at radius 1 is 0.929 bits per heavy atom. The number of nitrogens with one attached hydrogen (secondary N) is 1. The second-order valence-corrected chi connectivity index (χ2v) is 6.74. The molecule has 3 aromatic carbocycles. The summed E-state index contributed by atoms with van der Waals surface area (Å²) in [7, 11) is 0. The van der Waals surface area contributed by atoms with Gasteiger partial charge in [-0.05, 0) is 43.2 Å². The lowest BCUT2D eigenvalue weighted by atomic mass is 10.0. The average Bonchev–Trinajstić information content (AvgIpc) is 2.70. The first-order valence-corrected chi connectivity index (χ1v) is 9.03. The molecule has 4 aromatic rings. The highest BCUT2D eigenvalue weighted by atomic mass is 16.1. The van der Waals surface area contributed by atoms with Crippen molar-refractivity contribution >= 4 is 28.2 Å². The Morgan fingerprint density at radius 3 is 2.43 bits per heavy atom. The lowest BCUT2D eigenvalue weighted by Gasteiger charge is -2.14. The van der Waals surface area contributed by atoms with Crippen LogP contribution in [-0.4, -0.2) is 15.9 Å². The summed E-state index contributed by atoms with van der Waals surface area (Å²) >= 11 is 0. The van der Waals surface area contributed by atoms with Gasteiger partial charge in [0, 0.05) is 22.8 Å². The number of hydrogen-bond acceptors (Lipinski definition) is 4. The number of carbonyl (C=O) groups is 1. The number of amides is 1. The molecule has 28 heavy (non-hydrogen) atoms. The Morgan fingerprint density at radius 2 is 1.64 bits per heavy atom. The Bertz CT molecular complexity index is 1180. The molecule has 5 nitrogen and oxygen atoms in total. The zero-order chi connectivity index (χ0) is 19.7. The highest BCUT2D eigenvalue weighted by molar-refractivity contribution is 6.10. The summed E-state index contributed by atoms with van der Waals surface area (Å²) in [5, 5.41) is 3.94. The molecule has 0 fully saturated rings. The molecule has 3 N–H and O–H groups in total. The van der Waals surface area contributed by atoms with Gasteiger partial charge in [-0.3, -0.25) is 4.79 Å². The van der Waals surface area contributed by atoms with Crippen LogP contribution in [0, 0.1) is 13.8 Å². The molecule has 138 valence electrons. The first-order valence-electron chi connectivity index (χ1n) is 9.03. The highest BCUT2D eigenvalue weighted by Crippen LogP contribution is 2.28. The number of hydrogen-bond donors (Lipinski definition) is 2. The number of anilines is 2. The summed E-state index contributed by atoms with van der Waals surface area (Å²) in [5.74, 6) is 0.246. The summed E-state index contributed by atoms with van der Waals surface area (Å²) in [4.78, 5) is 21.9. The monoisotopic (exact) mass is 368 g/mol. The third-order valence-electron chi connectivity index (χ3n) is 4.80. The first kappa shape index (κ1) is 17.7. The molecule has 1 aromatic heterocycles. The highest BCUT2D eigenvalue weighted by Gasteiger charge is 2.16. The van der Waals surface area contributed by atoms with E-state index < -0.39 is 0 Å². The maximum absolute atomic E-state index is 12.9. The molecule has 0 saturated heterocycles. The second kappa shape index (κ2) is 7.12. The minimum absolute atomic E-state index is 0.252. The molecule has 4 rings (SSSR count). The van der Waals surface area contributed by atoms with E-state index in [1.807, 2.05) is 62.4 Å². The molecule has 0 saturated carbocycles. The van der Waals surface area contributed by atoms with E-state index in [0.717, 1.165) is 27.7 Å². The lowest BCUT2D eigenvalue weighted by Crippen LogP contribution is -2.16. The van der Waals surface area contributed by atoms with Crippen LogP contribution < -0.4 is 11.1 Å². The van der Waals surface area contributed by atoms with E-state index in [1.54, 1.807) is 18.3 Å². The van der Waals surface area contributed by atoms with Gasteiger partial charge in [0.2, 0.25) is 0 Å².